The van der Waals surface area contributed by atoms with Crippen molar-refractivity contribution in [2.75, 3.05) is 19.0 Å². The van der Waals surface area contributed by atoms with Gasteiger partial charge in [-0.2, -0.15) is 4.98 Å². The summed E-state index contributed by atoms with van der Waals surface area (Å²) >= 11 is 0. The van der Waals surface area contributed by atoms with E-state index in [1.165, 1.54) is 17.9 Å². The highest BCUT2D eigenvalue weighted by atomic mass is 19.2. The molecule has 0 aliphatic heterocycles. The maximum absolute atomic E-state index is 13.6. The molecule has 0 aliphatic rings. The number of ether oxygens (including phenoxy) is 2. The lowest BCUT2D eigenvalue weighted by atomic mass is 10.1. The summed E-state index contributed by atoms with van der Waals surface area (Å²) in [5.74, 6) is -2.30. The molecule has 2 aromatic rings. The topological polar surface area (TPSA) is 65.4 Å². The Morgan fingerprint density at radius 2 is 1.88 bits per heavy atom. The molecule has 0 amide bonds. The number of hydrogen-bond donors (Lipinski definition) is 1. The zero-order chi connectivity index (χ0) is 25.4. The molecule has 182 valence electrons. The number of methoxy groups -OCH3 is 1. The van der Waals surface area contributed by atoms with Crippen molar-refractivity contribution in [2.24, 2.45) is 0 Å². The standard InChI is InChI=1S/C25H28F3N3O3/c1-7-34-22-11-15(2)21(10-16(22)3)29-25-30-24(32)23(33-6)14-31(25)13-19(12-17(4)26)8-9-20(28)18(5)27/h9-12,14H,4-5,7-8,13H2,1-3,6H3,(H,29,30,32)/b19-12+,20-9+. The van der Waals surface area contributed by atoms with Crippen molar-refractivity contribution in [1.82, 2.24) is 9.55 Å². The Morgan fingerprint density at radius 3 is 2.47 bits per heavy atom. The summed E-state index contributed by atoms with van der Waals surface area (Å²) in [5.41, 5.74) is 2.11. The first-order valence-corrected chi connectivity index (χ1v) is 10.5. The van der Waals surface area contributed by atoms with Crippen molar-refractivity contribution in [3.63, 3.8) is 0 Å². The third-order valence-corrected chi connectivity index (χ3v) is 4.79. The Bertz CT molecular complexity index is 1200. The molecule has 1 aromatic heterocycles. The summed E-state index contributed by atoms with van der Waals surface area (Å²) in [6, 6.07) is 3.72. The summed E-state index contributed by atoms with van der Waals surface area (Å²) < 4.78 is 52.4. The van der Waals surface area contributed by atoms with E-state index in [4.69, 9.17) is 9.47 Å². The smallest absolute Gasteiger partial charge is 0.316 e. The Balaban J connectivity index is 2.51. The maximum atomic E-state index is 13.6. The van der Waals surface area contributed by atoms with E-state index in [0.717, 1.165) is 29.0 Å². The lowest BCUT2D eigenvalue weighted by Gasteiger charge is -2.18. The van der Waals surface area contributed by atoms with Crippen molar-refractivity contribution in [2.45, 2.75) is 33.7 Å². The van der Waals surface area contributed by atoms with E-state index in [9.17, 15) is 18.0 Å². The van der Waals surface area contributed by atoms with Gasteiger partial charge in [-0.15, -0.1) is 0 Å². The number of anilines is 2. The minimum Gasteiger partial charge on any atom is -0.494 e. The van der Waals surface area contributed by atoms with Crippen LogP contribution in [0.2, 0.25) is 0 Å². The van der Waals surface area contributed by atoms with Gasteiger partial charge < -0.3 is 19.4 Å². The van der Waals surface area contributed by atoms with Crippen LogP contribution in [-0.2, 0) is 6.54 Å². The highest BCUT2D eigenvalue weighted by Crippen LogP contribution is 2.29. The number of aromatic nitrogens is 2. The van der Waals surface area contributed by atoms with Crippen LogP contribution in [0.3, 0.4) is 0 Å². The molecule has 1 aromatic carbocycles. The van der Waals surface area contributed by atoms with Crippen LogP contribution in [0.5, 0.6) is 11.5 Å². The van der Waals surface area contributed by atoms with Gasteiger partial charge in [-0.1, -0.05) is 13.2 Å². The normalized spacial score (nSPS) is 11.9. The van der Waals surface area contributed by atoms with E-state index in [-0.39, 0.29) is 24.7 Å². The molecule has 2 rings (SSSR count). The van der Waals surface area contributed by atoms with E-state index in [1.54, 1.807) is 0 Å². The Morgan fingerprint density at radius 1 is 1.18 bits per heavy atom. The monoisotopic (exact) mass is 475 g/mol. The van der Waals surface area contributed by atoms with Crippen LogP contribution in [0.25, 0.3) is 0 Å². The van der Waals surface area contributed by atoms with Crippen molar-refractivity contribution in [3.05, 3.63) is 88.2 Å². The molecule has 1 N–H and O–H groups in total. The third-order valence-electron chi connectivity index (χ3n) is 4.79. The van der Waals surface area contributed by atoms with Crippen LogP contribution in [0.4, 0.5) is 24.8 Å². The van der Waals surface area contributed by atoms with Gasteiger partial charge in [-0.05, 0) is 68.2 Å². The summed E-state index contributed by atoms with van der Waals surface area (Å²) in [6.45, 7) is 12.2. The van der Waals surface area contributed by atoms with Crippen molar-refractivity contribution < 1.29 is 22.6 Å². The van der Waals surface area contributed by atoms with Crippen molar-refractivity contribution in [1.29, 1.82) is 0 Å². The Hall–Kier alpha value is -3.75. The van der Waals surface area contributed by atoms with Gasteiger partial charge in [0.15, 0.2) is 11.7 Å². The SMILES string of the molecule is C=C(F)/C=C(\C/C=C(/F)C(=C)F)Cn1cc(OC)c(=O)nc1Nc1cc(C)c(OCC)cc1C. The molecule has 1 heterocycles. The fourth-order valence-electron chi connectivity index (χ4n) is 3.13. The molecule has 0 unspecified atom stereocenters. The predicted octanol–water partition coefficient (Wildman–Crippen LogP) is 6.15. The summed E-state index contributed by atoms with van der Waals surface area (Å²) in [7, 11) is 1.32. The molecule has 6 nitrogen and oxygen atoms in total. The van der Waals surface area contributed by atoms with Gasteiger partial charge in [0.2, 0.25) is 11.7 Å². The lowest BCUT2D eigenvalue weighted by molar-refractivity contribution is 0.337. The number of allylic oxidation sites excluding steroid dienone is 6. The molecule has 0 bridgehead atoms. The van der Waals surface area contributed by atoms with Gasteiger partial charge in [0.05, 0.1) is 19.9 Å². The van der Waals surface area contributed by atoms with Crippen LogP contribution in [0.1, 0.15) is 24.5 Å². The second-order valence-corrected chi connectivity index (χ2v) is 7.47. The molecule has 9 heteroatoms. The largest absolute Gasteiger partial charge is 0.494 e. The number of nitrogens with one attached hydrogen (secondary N) is 1. The van der Waals surface area contributed by atoms with E-state index in [2.05, 4.69) is 23.5 Å². The fraction of sp³-hybridized carbons (Fsp3) is 0.280. The first-order valence-electron chi connectivity index (χ1n) is 10.5. The maximum Gasteiger partial charge on any atom is 0.316 e. The first-order chi connectivity index (χ1) is 16.0. The zero-order valence-corrected chi connectivity index (χ0v) is 19.7. The van der Waals surface area contributed by atoms with Crippen LogP contribution in [0, 0.1) is 13.8 Å². The van der Waals surface area contributed by atoms with E-state index in [1.807, 2.05) is 32.9 Å². The highest BCUT2D eigenvalue weighted by Gasteiger charge is 2.14. The molecule has 0 saturated carbocycles. The third kappa shape index (κ3) is 7.13. The zero-order valence-electron chi connectivity index (χ0n) is 19.7. The van der Waals surface area contributed by atoms with Crippen LogP contribution >= 0.6 is 0 Å². The highest BCUT2D eigenvalue weighted by molar-refractivity contribution is 5.62. The van der Waals surface area contributed by atoms with Crippen LogP contribution in [-0.4, -0.2) is 23.3 Å². The van der Waals surface area contributed by atoms with Gasteiger partial charge in [-0.3, -0.25) is 4.79 Å². The van der Waals surface area contributed by atoms with Crippen LogP contribution in [0.15, 0.2) is 71.5 Å². The molecule has 0 fully saturated rings. The van der Waals surface area contributed by atoms with Crippen LogP contribution < -0.4 is 20.3 Å². The number of hydrogen-bond acceptors (Lipinski definition) is 5. The van der Waals surface area contributed by atoms with Gasteiger partial charge in [-0.25, -0.2) is 13.2 Å². The van der Waals surface area contributed by atoms with E-state index >= 15 is 0 Å². The van der Waals surface area contributed by atoms with Crippen molar-refractivity contribution >= 4 is 11.6 Å². The summed E-state index contributed by atoms with van der Waals surface area (Å²) in [5, 5.41) is 3.12. The average Bonchev–Trinajstić information content (AvgIpc) is 2.76. The molecule has 34 heavy (non-hydrogen) atoms. The van der Waals surface area contributed by atoms with Crippen molar-refractivity contribution in [3.8, 4) is 11.5 Å². The number of rotatable bonds is 11. The Labute approximate surface area is 196 Å². The minimum absolute atomic E-state index is 0.0213. The molecule has 0 radical (unpaired) electrons. The predicted molar refractivity (Wildman–Crippen MR) is 128 cm³/mol. The molecule has 0 saturated heterocycles. The minimum atomic E-state index is -1.23. The van der Waals surface area contributed by atoms with E-state index < -0.39 is 23.0 Å². The van der Waals surface area contributed by atoms with Gasteiger partial charge in [0.1, 0.15) is 11.6 Å². The molecule has 0 spiro atoms. The number of benzene rings is 1. The summed E-state index contributed by atoms with van der Waals surface area (Å²) in [6.07, 6.45) is 3.31. The van der Waals surface area contributed by atoms with Gasteiger partial charge in [0, 0.05) is 12.2 Å². The second kappa shape index (κ2) is 11.9. The quantitative estimate of drug-likeness (QED) is 0.395. The van der Waals surface area contributed by atoms with Gasteiger partial charge >= 0.3 is 5.56 Å². The average molecular weight is 476 g/mol. The molecular formula is C25H28F3N3O3. The molecular weight excluding hydrogens is 447 g/mol. The van der Waals surface area contributed by atoms with E-state index in [0.29, 0.717) is 17.9 Å². The second-order valence-electron chi connectivity index (χ2n) is 7.47. The summed E-state index contributed by atoms with van der Waals surface area (Å²) in [4.78, 5) is 16.4. The lowest BCUT2D eigenvalue weighted by Crippen LogP contribution is -2.19. The Kier molecular flexibility index (Phi) is 9.29. The fourth-order valence-corrected chi connectivity index (χ4v) is 3.13. The number of nitrogens with zero attached hydrogens (tertiary/aromatic N) is 2. The number of aryl methyl sites for hydroxylation is 2. The first kappa shape index (κ1) is 26.5. The number of halogens is 3. The van der Waals surface area contributed by atoms with Gasteiger partial charge in [0.25, 0.3) is 0 Å². The molecule has 0 atom stereocenters. The molecule has 0 aliphatic carbocycles.